The van der Waals surface area contributed by atoms with E-state index in [0.717, 1.165) is 31.5 Å². The van der Waals surface area contributed by atoms with Gasteiger partial charge in [-0.2, -0.15) is 13.2 Å². The van der Waals surface area contributed by atoms with E-state index in [4.69, 9.17) is 11.6 Å². The van der Waals surface area contributed by atoms with Crippen molar-refractivity contribution in [2.45, 2.75) is 55.7 Å². The lowest BCUT2D eigenvalue weighted by atomic mass is 9.94. The van der Waals surface area contributed by atoms with Gasteiger partial charge in [0.2, 0.25) is 5.82 Å². The van der Waals surface area contributed by atoms with Crippen LogP contribution in [0.3, 0.4) is 0 Å². The van der Waals surface area contributed by atoms with Crippen molar-refractivity contribution in [2.75, 3.05) is 31.1 Å². The molecule has 0 saturated carbocycles. The smallest absolute Gasteiger partial charge is 0.418 e. The summed E-state index contributed by atoms with van der Waals surface area (Å²) in [6.07, 6.45) is -1.97. The van der Waals surface area contributed by atoms with Gasteiger partial charge in [0, 0.05) is 49.9 Å². The van der Waals surface area contributed by atoms with Gasteiger partial charge in [-0.15, -0.1) is 0 Å². The van der Waals surface area contributed by atoms with Crippen LogP contribution in [0.5, 0.6) is 5.75 Å². The van der Waals surface area contributed by atoms with Gasteiger partial charge in [-0.1, -0.05) is 17.5 Å². The van der Waals surface area contributed by atoms with Gasteiger partial charge in [0.25, 0.3) is 0 Å². The normalized spacial score (nSPS) is 27.5. The van der Waals surface area contributed by atoms with E-state index >= 15 is 4.39 Å². The summed E-state index contributed by atoms with van der Waals surface area (Å²) in [6, 6.07) is 1.84. The molecule has 7 rings (SSSR count). The Kier molecular flexibility index (Phi) is 6.09. The van der Waals surface area contributed by atoms with Gasteiger partial charge in [-0.3, -0.25) is 9.88 Å². The largest absolute Gasteiger partial charge is 0.508 e. The van der Waals surface area contributed by atoms with Crippen molar-refractivity contribution in [1.29, 1.82) is 0 Å². The molecule has 0 amide bonds. The predicted octanol–water partition coefficient (Wildman–Crippen LogP) is 4.69. The second kappa shape index (κ2) is 9.37. The molecule has 0 unspecified atom stereocenters. The molecule has 2 N–H and O–H groups in total. The standard InChI is InChI=1S/C28H24ClF5N6O/c29-20-8-17(41)7-18(22(20)28(32,33)34)24-23(31)25-19(11-36-24)26(40-13-15-6-16(40)10-35-15)38-21(37-25)2-4-27-3-1-5-39(27)12-14(30)9-27/h7-8,11,14-16,35,41H,1,3,5-6,9-10,12-13H2/t14-,15-,16-,27-/m1/s1. The average molecular weight is 591 g/mol. The van der Waals surface area contributed by atoms with Crippen LogP contribution in [0.15, 0.2) is 18.3 Å². The van der Waals surface area contributed by atoms with Crippen LogP contribution in [0.25, 0.3) is 22.2 Å². The van der Waals surface area contributed by atoms with E-state index in [1.807, 2.05) is 9.80 Å². The van der Waals surface area contributed by atoms with Crippen molar-refractivity contribution in [3.8, 4) is 28.8 Å². The lowest BCUT2D eigenvalue weighted by molar-refractivity contribution is -0.137. The first-order chi connectivity index (χ1) is 19.5. The molecule has 4 fully saturated rings. The fourth-order valence-electron chi connectivity index (χ4n) is 6.86. The molecular weight excluding hydrogens is 567 g/mol. The number of nitrogens with one attached hydrogen (secondary N) is 1. The molecule has 0 aliphatic carbocycles. The highest BCUT2D eigenvalue weighted by Crippen LogP contribution is 2.45. The van der Waals surface area contributed by atoms with Crippen molar-refractivity contribution < 1.29 is 27.1 Å². The molecule has 13 heteroatoms. The highest BCUT2D eigenvalue weighted by Gasteiger charge is 2.48. The van der Waals surface area contributed by atoms with E-state index in [-0.39, 0.29) is 35.2 Å². The van der Waals surface area contributed by atoms with Crippen LogP contribution in [-0.4, -0.2) is 74.9 Å². The lowest BCUT2D eigenvalue weighted by Crippen LogP contribution is -2.44. The zero-order chi connectivity index (χ0) is 28.7. The predicted molar refractivity (Wildman–Crippen MR) is 142 cm³/mol. The van der Waals surface area contributed by atoms with Gasteiger partial charge in [0.15, 0.2) is 5.82 Å². The number of fused-ring (bicyclic) bond motifs is 4. The molecule has 7 nitrogen and oxygen atoms in total. The number of hydrogen-bond acceptors (Lipinski definition) is 7. The summed E-state index contributed by atoms with van der Waals surface area (Å²) >= 11 is 5.85. The number of aromatic nitrogens is 3. The molecular formula is C28H24ClF5N6O. The van der Waals surface area contributed by atoms with E-state index in [1.54, 1.807) is 0 Å². The highest BCUT2D eigenvalue weighted by molar-refractivity contribution is 6.32. The van der Waals surface area contributed by atoms with E-state index in [0.29, 0.717) is 31.9 Å². The summed E-state index contributed by atoms with van der Waals surface area (Å²) in [5.41, 5.74) is -3.58. The van der Waals surface area contributed by atoms with Crippen LogP contribution in [-0.2, 0) is 6.18 Å². The summed E-state index contributed by atoms with van der Waals surface area (Å²) < 4.78 is 72.4. The zero-order valence-corrected chi connectivity index (χ0v) is 22.3. The number of phenolic OH excluding ortho intramolecular Hbond substituents is 1. The summed E-state index contributed by atoms with van der Waals surface area (Å²) in [5.74, 6) is 4.83. The number of nitrogens with zero attached hydrogens (tertiary/aromatic N) is 5. The van der Waals surface area contributed by atoms with Crippen molar-refractivity contribution >= 4 is 28.3 Å². The second-order valence-corrected chi connectivity index (χ2v) is 11.6. The van der Waals surface area contributed by atoms with Crippen LogP contribution >= 0.6 is 11.6 Å². The lowest BCUT2D eigenvalue weighted by Gasteiger charge is -2.29. The summed E-state index contributed by atoms with van der Waals surface area (Å²) in [7, 11) is 0. The molecule has 3 aromatic rings. The zero-order valence-electron chi connectivity index (χ0n) is 21.6. The number of anilines is 1. The fraction of sp³-hybridized carbons (Fsp3) is 0.464. The Balaban J connectivity index is 1.42. The number of rotatable bonds is 2. The number of alkyl halides is 4. The van der Waals surface area contributed by atoms with Crippen molar-refractivity contribution in [3.05, 3.63) is 40.6 Å². The van der Waals surface area contributed by atoms with Crippen LogP contribution in [0.1, 0.15) is 37.1 Å². The van der Waals surface area contributed by atoms with Crippen molar-refractivity contribution in [1.82, 2.24) is 25.2 Å². The molecule has 214 valence electrons. The minimum absolute atomic E-state index is 0.00666. The van der Waals surface area contributed by atoms with Crippen LogP contribution in [0, 0.1) is 17.7 Å². The molecule has 2 aromatic heterocycles. The third kappa shape index (κ3) is 4.37. The number of halogens is 6. The minimum Gasteiger partial charge on any atom is -0.508 e. The third-order valence-electron chi connectivity index (χ3n) is 8.61. The van der Waals surface area contributed by atoms with Gasteiger partial charge >= 0.3 is 6.18 Å². The monoisotopic (exact) mass is 590 g/mol. The number of piperazine rings is 1. The number of hydrogen-bond donors (Lipinski definition) is 2. The maximum Gasteiger partial charge on any atom is 0.418 e. The van der Waals surface area contributed by atoms with Gasteiger partial charge in [-0.05, 0) is 43.9 Å². The quantitative estimate of drug-likeness (QED) is 0.331. The first kappa shape index (κ1) is 26.6. The SMILES string of the molecule is Oc1cc(Cl)c(C(F)(F)F)c(-c2ncc3c(N4C[C@H]5C[C@@H]4CN5)nc(C#C[C@@]45CCCN4C[C@H](F)C5)nc3c2F)c1. The van der Waals surface area contributed by atoms with E-state index < -0.39 is 51.3 Å². The van der Waals surface area contributed by atoms with Gasteiger partial charge in [0.05, 0.1) is 21.5 Å². The molecule has 6 heterocycles. The Morgan fingerprint density at radius 1 is 1.20 bits per heavy atom. The first-order valence-electron chi connectivity index (χ1n) is 13.4. The number of phenols is 1. The maximum atomic E-state index is 16.2. The second-order valence-electron chi connectivity index (χ2n) is 11.2. The van der Waals surface area contributed by atoms with Crippen molar-refractivity contribution in [2.24, 2.45) is 0 Å². The Bertz CT molecular complexity index is 1640. The first-order valence-corrected chi connectivity index (χ1v) is 13.8. The highest BCUT2D eigenvalue weighted by atomic mass is 35.5. The summed E-state index contributed by atoms with van der Waals surface area (Å²) in [4.78, 5) is 17.1. The molecule has 0 radical (unpaired) electrons. The van der Waals surface area contributed by atoms with Crippen LogP contribution in [0.4, 0.5) is 27.8 Å². The molecule has 4 aliphatic rings. The topological polar surface area (TPSA) is 77.4 Å². The average Bonchev–Trinajstić information content (AvgIpc) is 3.67. The van der Waals surface area contributed by atoms with Crippen LogP contribution in [0.2, 0.25) is 5.02 Å². The summed E-state index contributed by atoms with van der Waals surface area (Å²) in [6.45, 7) is 2.35. The molecule has 4 aliphatic heterocycles. The van der Waals surface area contributed by atoms with E-state index in [2.05, 4.69) is 32.1 Å². The molecule has 1 aromatic carbocycles. The van der Waals surface area contributed by atoms with Crippen molar-refractivity contribution in [3.63, 3.8) is 0 Å². The molecule has 2 bridgehead atoms. The van der Waals surface area contributed by atoms with E-state index in [9.17, 15) is 22.7 Å². The Morgan fingerprint density at radius 3 is 2.76 bits per heavy atom. The Hall–Kier alpha value is -3.27. The van der Waals surface area contributed by atoms with Gasteiger partial charge in [-0.25, -0.2) is 18.7 Å². The maximum absolute atomic E-state index is 16.2. The Labute approximate surface area is 236 Å². The molecule has 41 heavy (non-hydrogen) atoms. The number of benzene rings is 1. The number of pyridine rings is 1. The number of aromatic hydroxyl groups is 1. The minimum atomic E-state index is -4.94. The van der Waals surface area contributed by atoms with Gasteiger partial charge in [0.1, 0.15) is 28.9 Å². The third-order valence-corrected chi connectivity index (χ3v) is 8.91. The molecule has 4 atom stereocenters. The molecule has 4 saturated heterocycles. The fourth-order valence-corrected chi connectivity index (χ4v) is 7.18. The van der Waals surface area contributed by atoms with E-state index in [1.165, 1.54) is 6.20 Å². The Morgan fingerprint density at radius 2 is 2.02 bits per heavy atom. The van der Waals surface area contributed by atoms with Crippen LogP contribution < -0.4 is 10.2 Å². The summed E-state index contributed by atoms with van der Waals surface area (Å²) in [5, 5.41) is 12.9. The van der Waals surface area contributed by atoms with Gasteiger partial charge < -0.3 is 15.3 Å². The molecule has 0 spiro atoms.